The maximum absolute atomic E-state index is 13.2. The van der Waals surface area contributed by atoms with Crippen LogP contribution < -0.4 is 14.5 Å². The van der Waals surface area contributed by atoms with Gasteiger partial charge in [-0.15, -0.1) is 0 Å². The number of alkyl halides is 2. The second kappa shape index (κ2) is 13.1. The Morgan fingerprint density at radius 1 is 1.12 bits per heavy atom. The molecule has 1 amide bonds. The minimum absolute atomic E-state index is 0.0677. The highest BCUT2D eigenvalue weighted by Gasteiger charge is 2.27. The lowest BCUT2D eigenvalue weighted by Crippen LogP contribution is -2.29. The van der Waals surface area contributed by atoms with Crippen molar-refractivity contribution >= 4 is 35.0 Å². The van der Waals surface area contributed by atoms with Crippen molar-refractivity contribution in [3.05, 3.63) is 91.7 Å². The van der Waals surface area contributed by atoms with E-state index in [2.05, 4.69) is 9.72 Å². The smallest absolute Gasteiger partial charge is 0.410 e. The number of hydrogen-bond acceptors (Lipinski definition) is 6. The Morgan fingerprint density at radius 2 is 1.80 bits per heavy atom. The van der Waals surface area contributed by atoms with Gasteiger partial charge in [0.2, 0.25) is 0 Å². The number of carbonyl (C=O) groups excluding carboxylic acids is 1. The molecule has 0 bridgehead atoms. The number of aromatic nitrogens is 1. The average Bonchev–Trinajstić information content (AvgIpc) is 3.74. The number of nitro benzene ring substituents is 1. The number of rotatable bonds is 12. The van der Waals surface area contributed by atoms with Gasteiger partial charge in [-0.3, -0.25) is 10.1 Å². The zero-order valence-electron chi connectivity index (χ0n) is 21.3. The molecular weight excluding hydrogens is 571 g/mol. The maximum atomic E-state index is 13.2. The second-order valence-corrected chi connectivity index (χ2v) is 10.1. The molecule has 13 heteroatoms. The first-order chi connectivity index (χ1) is 19.1. The summed E-state index contributed by atoms with van der Waals surface area (Å²) in [7, 11) is 1.52. The fraction of sp³-hybridized carbons (Fsp3) is 0.333. The lowest BCUT2D eigenvalue weighted by atomic mass is 10.0. The zero-order valence-corrected chi connectivity index (χ0v) is 22.8. The third kappa shape index (κ3) is 7.92. The molecule has 9 nitrogen and oxygen atoms in total. The molecule has 212 valence electrons. The van der Waals surface area contributed by atoms with E-state index in [1.807, 2.05) is 0 Å². The molecule has 1 aliphatic carbocycles. The molecular formula is C27H26Cl2F2N3O6+. The Hall–Kier alpha value is -3.70. The van der Waals surface area contributed by atoms with Gasteiger partial charge in [-0.05, 0) is 42.0 Å². The van der Waals surface area contributed by atoms with E-state index in [9.17, 15) is 23.7 Å². The van der Waals surface area contributed by atoms with Crippen molar-refractivity contribution in [3.8, 4) is 11.5 Å². The first kappa shape index (κ1) is 29.3. The van der Waals surface area contributed by atoms with Gasteiger partial charge >= 0.3 is 12.7 Å². The lowest BCUT2D eigenvalue weighted by Gasteiger charge is -2.24. The van der Waals surface area contributed by atoms with Gasteiger partial charge < -0.3 is 19.1 Å². The molecule has 40 heavy (non-hydrogen) atoms. The van der Waals surface area contributed by atoms with Gasteiger partial charge in [0.15, 0.2) is 23.9 Å². The SMILES string of the molecule is CN(Cc1ccc([N+](=O)[O-])cc1)C(=O)O[C@@H](Cc1c(Cl)c[nH+]cc1Cl)c1ccc(OC(F)F)c(OCC2CC2)c1. The van der Waals surface area contributed by atoms with E-state index < -0.39 is 23.7 Å². The number of aromatic amines is 1. The van der Waals surface area contributed by atoms with Crippen LogP contribution in [0, 0.1) is 16.0 Å². The number of hydrogen-bond donors (Lipinski definition) is 0. The monoisotopic (exact) mass is 596 g/mol. The fourth-order valence-electron chi connectivity index (χ4n) is 3.88. The van der Waals surface area contributed by atoms with Gasteiger partial charge in [0.25, 0.3) is 5.69 Å². The van der Waals surface area contributed by atoms with Crippen LogP contribution in [-0.4, -0.2) is 36.2 Å². The van der Waals surface area contributed by atoms with Gasteiger partial charge in [0.05, 0.1) is 11.5 Å². The molecule has 0 saturated heterocycles. The minimum atomic E-state index is -3.05. The van der Waals surface area contributed by atoms with E-state index >= 15 is 0 Å². The molecule has 0 radical (unpaired) electrons. The molecule has 0 spiro atoms. The van der Waals surface area contributed by atoms with Crippen LogP contribution in [0.5, 0.6) is 11.5 Å². The van der Waals surface area contributed by atoms with E-state index in [0.717, 1.165) is 12.8 Å². The van der Waals surface area contributed by atoms with Crippen molar-refractivity contribution < 1.29 is 37.7 Å². The van der Waals surface area contributed by atoms with E-state index in [1.165, 1.54) is 54.7 Å². The van der Waals surface area contributed by atoms with Crippen molar-refractivity contribution in [1.82, 2.24) is 4.90 Å². The molecule has 1 aromatic heterocycles. The Kier molecular flexibility index (Phi) is 9.59. The number of H-pyrrole nitrogens is 1. The molecule has 4 rings (SSSR count). The summed E-state index contributed by atoms with van der Waals surface area (Å²) in [6.45, 7) is -2.59. The van der Waals surface area contributed by atoms with E-state index in [-0.39, 0.29) is 30.2 Å². The molecule has 0 aliphatic heterocycles. The number of nitrogens with zero attached hydrogens (tertiary/aromatic N) is 2. The van der Waals surface area contributed by atoms with Crippen LogP contribution in [0.1, 0.15) is 35.6 Å². The highest BCUT2D eigenvalue weighted by molar-refractivity contribution is 6.35. The highest BCUT2D eigenvalue weighted by atomic mass is 35.5. The third-order valence-electron chi connectivity index (χ3n) is 6.23. The topological polar surface area (TPSA) is 105 Å². The van der Waals surface area contributed by atoms with E-state index in [4.69, 9.17) is 32.7 Å². The van der Waals surface area contributed by atoms with Crippen molar-refractivity contribution in [2.45, 2.75) is 38.5 Å². The van der Waals surface area contributed by atoms with Crippen LogP contribution >= 0.6 is 23.2 Å². The average molecular weight is 597 g/mol. The summed E-state index contributed by atoms with van der Waals surface area (Å²) in [5, 5.41) is 11.5. The van der Waals surface area contributed by atoms with Crippen molar-refractivity contribution in [2.24, 2.45) is 5.92 Å². The number of nitro groups is 1. The summed E-state index contributed by atoms with van der Waals surface area (Å²) < 4.78 is 42.4. The summed E-state index contributed by atoms with van der Waals surface area (Å²) in [6, 6.07) is 10.1. The standard InChI is InChI=1S/C27H25Cl2F2N3O6/c1-33(14-16-4-7-19(8-5-16)34(36)37)27(35)40-24(11-20-21(28)12-32-13-22(20)29)18-6-9-23(39-26(30)31)25(10-18)38-15-17-2-3-17/h4-10,12-13,17,24,26H,2-3,11,14-15H2,1H3/p+1/t24-/m0/s1. The third-order valence-corrected chi connectivity index (χ3v) is 6.91. The molecule has 1 N–H and O–H groups in total. The molecule has 3 aromatic rings. The summed E-state index contributed by atoms with van der Waals surface area (Å²) >= 11 is 12.7. The van der Waals surface area contributed by atoms with Crippen LogP contribution in [-0.2, 0) is 17.7 Å². The van der Waals surface area contributed by atoms with Crippen molar-refractivity contribution in [2.75, 3.05) is 13.7 Å². The van der Waals surface area contributed by atoms with Gasteiger partial charge in [0.1, 0.15) is 16.1 Å². The fourth-order valence-corrected chi connectivity index (χ4v) is 4.41. The predicted octanol–water partition coefficient (Wildman–Crippen LogP) is 6.66. The highest BCUT2D eigenvalue weighted by Crippen LogP contribution is 2.38. The molecule has 2 aromatic carbocycles. The predicted molar refractivity (Wildman–Crippen MR) is 142 cm³/mol. The number of amides is 1. The van der Waals surface area contributed by atoms with Crippen LogP contribution in [0.25, 0.3) is 0 Å². The zero-order chi connectivity index (χ0) is 28.8. The van der Waals surface area contributed by atoms with Gasteiger partial charge in [-0.2, -0.15) is 8.78 Å². The van der Waals surface area contributed by atoms with Crippen LogP contribution in [0.2, 0.25) is 10.0 Å². The molecule has 0 unspecified atom stereocenters. The van der Waals surface area contributed by atoms with Crippen molar-refractivity contribution in [1.29, 1.82) is 0 Å². The van der Waals surface area contributed by atoms with Crippen LogP contribution in [0.3, 0.4) is 0 Å². The minimum Gasteiger partial charge on any atom is -0.489 e. The van der Waals surface area contributed by atoms with Crippen molar-refractivity contribution in [3.63, 3.8) is 0 Å². The van der Waals surface area contributed by atoms with Crippen LogP contribution in [0.4, 0.5) is 19.3 Å². The Labute approximate surface area is 238 Å². The molecule has 1 aliphatic rings. The first-order valence-corrected chi connectivity index (χ1v) is 13.1. The number of ether oxygens (including phenoxy) is 3. The Bertz CT molecular complexity index is 1340. The first-order valence-electron chi connectivity index (χ1n) is 12.3. The number of pyridine rings is 1. The molecule has 1 saturated carbocycles. The molecule has 1 heterocycles. The molecule has 1 atom stereocenters. The summed E-state index contributed by atoms with van der Waals surface area (Å²) in [5.74, 6) is 0.316. The quantitative estimate of drug-likeness (QED) is 0.171. The molecule has 1 fully saturated rings. The van der Waals surface area contributed by atoms with Gasteiger partial charge in [-0.1, -0.05) is 41.4 Å². The van der Waals surface area contributed by atoms with E-state index in [1.54, 1.807) is 12.1 Å². The maximum Gasteiger partial charge on any atom is 0.410 e. The van der Waals surface area contributed by atoms with Crippen LogP contribution in [0.15, 0.2) is 54.9 Å². The number of halogens is 4. The summed E-state index contributed by atoms with van der Waals surface area (Å²) in [4.78, 5) is 27.7. The number of nitrogens with one attached hydrogen (secondary N) is 1. The normalized spacial score (nSPS) is 13.6. The number of non-ortho nitro benzene ring substituents is 1. The summed E-state index contributed by atoms with van der Waals surface area (Å²) in [6.07, 6.45) is 3.49. The number of carbonyl (C=O) groups is 1. The van der Waals surface area contributed by atoms with Gasteiger partial charge in [-0.25, -0.2) is 9.78 Å². The number of benzene rings is 2. The largest absolute Gasteiger partial charge is 0.489 e. The Balaban J connectivity index is 1.59. The Morgan fingerprint density at radius 3 is 2.40 bits per heavy atom. The summed E-state index contributed by atoms with van der Waals surface area (Å²) in [5.41, 5.74) is 1.54. The second-order valence-electron chi connectivity index (χ2n) is 9.32. The lowest BCUT2D eigenvalue weighted by molar-refractivity contribution is -0.384. The van der Waals surface area contributed by atoms with E-state index in [0.29, 0.717) is 39.3 Å². The van der Waals surface area contributed by atoms with Gasteiger partial charge in [0, 0.05) is 37.7 Å².